The van der Waals surface area contributed by atoms with Gasteiger partial charge in [-0.1, -0.05) is 46.5 Å². The van der Waals surface area contributed by atoms with Gasteiger partial charge in [-0.25, -0.2) is 0 Å². The lowest BCUT2D eigenvalue weighted by atomic mass is 9.96. The van der Waals surface area contributed by atoms with Crippen molar-refractivity contribution in [2.24, 2.45) is 5.92 Å². The third-order valence-electron chi connectivity index (χ3n) is 2.67. The Bertz CT molecular complexity index is 255. The molecule has 0 heterocycles. The topological polar surface area (TPSA) is 17.1 Å². The van der Waals surface area contributed by atoms with Crippen LogP contribution in [0, 0.1) is 5.92 Å². The van der Waals surface area contributed by atoms with Crippen LogP contribution < -0.4 is 0 Å². The fourth-order valence-electron chi connectivity index (χ4n) is 1.69. The van der Waals surface area contributed by atoms with Crippen LogP contribution in [0.5, 0.6) is 0 Å². The molecule has 1 heteroatoms. The fraction of sp³-hybridized carbons (Fsp3) is 0.733. The van der Waals surface area contributed by atoms with Crippen LogP contribution in [0.3, 0.4) is 0 Å². The molecule has 0 aromatic rings. The normalized spacial score (nSPS) is 10.1. The van der Waals surface area contributed by atoms with Gasteiger partial charge in [-0.2, -0.15) is 0 Å². The molecule has 0 radical (unpaired) electrons. The number of Topliss-reactive ketones (excluding diaryl/α,β-unsaturated/α-hetero) is 1. The predicted molar refractivity (Wildman–Crippen MR) is 70.5 cm³/mol. The van der Waals surface area contributed by atoms with E-state index in [1.54, 1.807) is 0 Å². The minimum Gasteiger partial charge on any atom is -0.294 e. The minimum absolute atomic E-state index is 0.0955. The Morgan fingerprint density at radius 2 is 1.81 bits per heavy atom. The Labute approximate surface area is 101 Å². The first-order valence-corrected chi connectivity index (χ1v) is 6.57. The van der Waals surface area contributed by atoms with Crippen LogP contribution in [0.4, 0.5) is 0 Å². The molecule has 0 unspecified atom stereocenters. The van der Waals surface area contributed by atoms with E-state index in [1.165, 1.54) is 25.7 Å². The van der Waals surface area contributed by atoms with E-state index in [0.29, 0.717) is 0 Å². The number of hydrogen-bond donors (Lipinski definition) is 0. The lowest BCUT2D eigenvalue weighted by Gasteiger charge is -2.06. The first-order valence-electron chi connectivity index (χ1n) is 6.57. The summed E-state index contributed by atoms with van der Waals surface area (Å²) in [5.74, 6) is 0.353. The van der Waals surface area contributed by atoms with Crippen LogP contribution in [0.25, 0.3) is 0 Å². The Morgan fingerprint density at radius 3 is 2.31 bits per heavy atom. The third-order valence-corrected chi connectivity index (χ3v) is 2.67. The Kier molecular flexibility index (Phi) is 8.94. The zero-order valence-corrected chi connectivity index (χ0v) is 11.3. The Morgan fingerprint density at radius 1 is 1.19 bits per heavy atom. The monoisotopic (exact) mass is 222 g/mol. The molecule has 0 saturated heterocycles. The molecule has 0 rings (SSSR count). The summed E-state index contributed by atoms with van der Waals surface area (Å²) in [6.45, 7) is 8.05. The van der Waals surface area contributed by atoms with Crippen molar-refractivity contribution in [1.29, 1.82) is 0 Å². The highest BCUT2D eigenvalue weighted by atomic mass is 16.1. The lowest BCUT2D eigenvalue weighted by molar-refractivity contribution is -0.118. The van der Waals surface area contributed by atoms with Crippen molar-refractivity contribution in [3.05, 3.63) is 17.4 Å². The summed E-state index contributed by atoms with van der Waals surface area (Å²) < 4.78 is 0. The van der Waals surface area contributed by atoms with Crippen molar-refractivity contribution < 1.29 is 4.79 Å². The van der Waals surface area contributed by atoms with E-state index in [4.69, 9.17) is 0 Å². The van der Waals surface area contributed by atoms with Gasteiger partial charge < -0.3 is 0 Å². The van der Waals surface area contributed by atoms with Gasteiger partial charge in [-0.05, 0) is 25.8 Å². The quantitative estimate of drug-likeness (QED) is 0.331. The van der Waals surface area contributed by atoms with E-state index in [0.717, 1.165) is 18.4 Å². The molecule has 0 aromatic heterocycles. The maximum absolute atomic E-state index is 11.8. The predicted octanol–water partition coefficient (Wildman–Crippen LogP) is 4.67. The summed E-state index contributed by atoms with van der Waals surface area (Å²) in [7, 11) is 0. The second-order valence-corrected chi connectivity index (χ2v) is 4.59. The van der Waals surface area contributed by atoms with Crippen LogP contribution in [0.1, 0.15) is 66.2 Å². The molecule has 0 saturated carbocycles. The number of allylic oxidation sites excluding steroid dienone is 1. The SMILES string of the molecule is CC=C=C(CCCCCCC)C(=O)C(C)C. The van der Waals surface area contributed by atoms with Gasteiger partial charge in [0.15, 0.2) is 5.78 Å². The van der Waals surface area contributed by atoms with E-state index in [-0.39, 0.29) is 11.7 Å². The lowest BCUT2D eigenvalue weighted by Crippen LogP contribution is -2.09. The Balaban J connectivity index is 4.08. The van der Waals surface area contributed by atoms with Gasteiger partial charge in [0.2, 0.25) is 0 Å². The second kappa shape index (κ2) is 9.42. The van der Waals surface area contributed by atoms with E-state index in [2.05, 4.69) is 12.7 Å². The summed E-state index contributed by atoms with van der Waals surface area (Å²) >= 11 is 0. The van der Waals surface area contributed by atoms with Gasteiger partial charge in [0.05, 0.1) is 0 Å². The third kappa shape index (κ3) is 6.63. The van der Waals surface area contributed by atoms with Gasteiger partial charge in [-0.3, -0.25) is 4.79 Å². The zero-order valence-electron chi connectivity index (χ0n) is 11.3. The molecule has 0 bridgehead atoms. The molecule has 0 spiro atoms. The highest BCUT2D eigenvalue weighted by Crippen LogP contribution is 2.14. The summed E-state index contributed by atoms with van der Waals surface area (Å²) in [4.78, 5) is 11.8. The largest absolute Gasteiger partial charge is 0.294 e. The first-order chi connectivity index (χ1) is 7.63. The molecular formula is C15H26O. The number of rotatable bonds is 8. The van der Waals surface area contributed by atoms with E-state index in [9.17, 15) is 4.79 Å². The molecule has 0 aliphatic carbocycles. The van der Waals surface area contributed by atoms with Crippen molar-refractivity contribution in [1.82, 2.24) is 0 Å². The van der Waals surface area contributed by atoms with Crippen molar-refractivity contribution >= 4 is 5.78 Å². The molecule has 0 atom stereocenters. The van der Waals surface area contributed by atoms with Crippen molar-refractivity contribution in [3.8, 4) is 0 Å². The number of carbonyl (C=O) groups excluding carboxylic acids is 1. The molecule has 0 fully saturated rings. The van der Waals surface area contributed by atoms with Gasteiger partial charge in [0.25, 0.3) is 0 Å². The molecule has 0 aromatic carbocycles. The number of unbranched alkanes of at least 4 members (excludes halogenated alkanes) is 4. The average Bonchev–Trinajstić information content (AvgIpc) is 2.26. The van der Waals surface area contributed by atoms with Crippen LogP contribution in [-0.2, 0) is 4.79 Å². The molecule has 0 N–H and O–H groups in total. The van der Waals surface area contributed by atoms with Crippen LogP contribution in [0.15, 0.2) is 17.4 Å². The smallest absolute Gasteiger partial charge is 0.169 e. The molecule has 0 aliphatic heterocycles. The van der Waals surface area contributed by atoms with Crippen LogP contribution in [0.2, 0.25) is 0 Å². The molecular weight excluding hydrogens is 196 g/mol. The summed E-state index contributed by atoms with van der Waals surface area (Å²) in [5, 5.41) is 0. The van der Waals surface area contributed by atoms with Crippen LogP contribution >= 0.6 is 0 Å². The number of hydrogen-bond acceptors (Lipinski definition) is 1. The number of carbonyl (C=O) groups is 1. The molecule has 0 aliphatic rings. The van der Waals surface area contributed by atoms with Crippen molar-refractivity contribution in [3.63, 3.8) is 0 Å². The van der Waals surface area contributed by atoms with E-state index >= 15 is 0 Å². The Hall–Kier alpha value is -0.810. The molecule has 1 nitrogen and oxygen atoms in total. The first kappa shape index (κ1) is 15.2. The van der Waals surface area contributed by atoms with Crippen LogP contribution in [-0.4, -0.2) is 5.78 Å². The highest BCUT2D eigenvalue weighted by Gasteiger charge is 2.12. The molecule has 0 amide bonds. The molecule has 92 valence electrons. The van der Waals surface area contributed by atoms with E-state index in [1.807, 2.05) is 26.8 Å². The van der Waals surface area contributed by atoms with Gasteiger partial charge in [0.1, 0.15) is 0 Å². The van der Waals surface area contributed by atoms with Crippen molar-refractivity contribution in [2.75, 3.05) is 0 Å². The highest BCUT2D eigenvalue weighted by molar-refractivity contribution is 5.96. The van der Waals surface area contributed by atoms with Crippen molar-refractivity contribution in [2.45, 2.75) is 66.2 Å². The fourth-order valence-corrected chi connectivity index (χ4v) is 1.69. The number of ketones is 1. The summed E-state index contributed by atoms with van der Waals surface area (Å²) in [6.07, 6.45) is 8.95. The minimum atomic E-state index is 0.0955. The maximum atomic E-state index is 11.8. The van der Waals surface area contributed by atoms with Gasteiger partial charge >= 0.3 is 0 Å². The maximum Gasteiger partial charge on any atom is 0.169 e. The average molecular weight is 222 g/mol. The zero-order chi connectivity index (χ0) is 12.4. The summed E-state index contributed by atoms with van der Waals surface area (Å²) in [5.41, 5.74) is 3.98. The second-order valence-electron chi connectivity index (χ2n) is 4.59. The summed E-state index contributed by atoms with van der Waals surface area (Å²) in [6, 6.07) is 0. The van der Waals surface area contributed by atoms with Gasteiger partial charge in [-0.15, -0.1) is 5.73 Å². The standard InChI is InChI=1S/C15H26O/c1-5-7-8-9-10-12-14(11-6-2)15(16)13(3)4/h6,13H,5,7-10,12H2,1-4H3. The van der Waals surface area contributed by atoms with Gasteiger partial charge in [0, 0.05) is 11.5 Å². The molecule has 16 heavy (non-hydrogen) atoms. The van der Waals surface area contributed by atoms with E-state index < -0.39 is 0 Å².